The lowest BCUT2D eigenvalue weighted by Gasteiger charge is -2.30. The number of primary amides is 1. The van der Waals surface area contributed by atoms with Crippen LogP contribution in [0.15, 0.2) is 29.3 Å². The quantitative estimate of drug-likeness (QED) is 0.266. The first-order chi connectivity index (χ1) is 20.9. The van der Waals surface area contributed by atoms with Crippen molar-refractivity contribution in [2.45, 2.75) is 61.7 Å². The fourth-order valence-corrected chi connectivity index (χ4v) is 9.00. The van der Waals surface area contributed by atoms with E-state index in [1.807, 2.05) is 11.0 Å². The fourth-order valence-electron chi connectivity index (χ4n) is 6.03. The number of nitrogens with zero attached hydrogens (tertiary/aromatic N) is 4. The number of alkyl halides is 3. The van der Waals surface area contributed by atoms with Gasteiger partial charge in [0.2, 0.25) is 11.9 Å². The average molecular weight is 649 g/mol. The minimum absolute atomic E-state index is 0.0123. The van der Waals surface area contributed by atoms with Crippen LogP contribution in [0, 0.1) is 0 Å². The molecule has 0 spiro atoms. The maximum atomic E-state index is 14.2. The molecule has 234 valence electrons. The number of carbonyl (C=O) groups is 2. The van der Waals surface area contributed by atoms with Gasteiger partial charge < -0.3 is 16.0 Å². The highest BCUT2D eigenvalue weighted by Gasteiger charge is 2.42. The SMILES string of the molecule is NC(=O)CN1CCc2cc(Nc3ncc(C(F)(F)F)c(-c4cc5c(s4)C(=O)N(C4CC4)CCS5(O)O)n3)c(C3CC3)cc2C1. The van der Waals surface area contributed by atoms with E-state index < -0.39 is 33.9 Å². The zero-order valence-corrected chi connectivity index (χ0v) is 25.2. The van der Waals surface area contributed by atoms with E-state index >= 15 is 0 Å². The summed E-state index contributed by atoms with van der Waals surface area (Å²) in [5.74, 6) is -0.594. The molecule has 2 aliphatic heterocycles. The zero-order chi connectivity index (χ0) is 31.0. The molecule has 0 bridgehead atoms. The Morgan fingerprint density at radius 1 is 1.14 bits per heavy atom. The van der Waals surface area contributed by atoms with Gasteiger partial charge >= 0.3 is 6.18 Å². The van der Waals surface area contributed by atoms with Crippen LogP contribution in [-0.4, -0.2) is 72.1 Å². The molecule has 2 aliphatic carbocycles. The van der Waals surface area contributed by atoms with E-state index in [1.165, 1.54) is 6.07 Å². The molecule has 15 heteroatoms. The highest BCUT2D eigenvalue weighted by molar-refractivity contribution is 8.24. The summed E-state index contributed by atoms with van der Waals surface area (Å²) in [6.45, 7) is 1.59. The Hall–Kier alpha value is -3.24. The summed E-state index contributed by atoms with van der Waals surface area (Å²) >= 11 is 0.801. The number of anilines is 2. The van der Waals surface area contributed by atoms with Gasteiger partial charge in [-0.1, -0.05) is 6.07 Å². The first kappa shape index (κ1) is 29.5. The lowest BCUT2D eigenvalue weighted by Crippen LogP contribution is -2.37. The lowest BCUT2D eigenvalue weighted by molar-refractivity contribution is -0.137. The number of aromatic nitrogens is 2. The summed E-state index contributed by atoms with van der Waals surface area (Å²) in [7, 11) is -3.39. The third-order valence-corrected chi connectivity index (χ3v) is 11.6. The van der Waals surface area contributed by atoms with Gasteiger partial charge in [-0.15, -0.1) is 11.3 Å². The highest BCUT2D eigenvalue weighted by atomic mass is 32.3. The van der Waals surface area contributed by atoms with Crippen molar-refractivity contribution >= 4 is 45.4 Å². The largest absolute Gasteiger partial charge is 0.420 e. The molecular weight excluding hydrogens is 617 g/mol. The minimum Gasteiger partial charge on any atom is -0.369 e. The molecule has 7 rings (SSSR count). The molecule has 4 heterocycles. The number of hydrogen-bond donors (Lipinski definition) is 4. The molecule has 44 heavy (non-hydrogen) atoms. The van der Waals surface area contributed by atoms with Crippen LogP contribution in [0.25, 0.3) is 10.6 Å². The number of fused-ring (bicyclic) bond motifs is 2. The maximum absolute atomic E-state index is 14.2. The van der Waals surface area contributed by atoms with Crippen LogP contribution in [0.5, 0.6) is 0 Å². The molecule has 3 aromatic rings. The molecule has 2 saturated carbocycles. The van der Waals surface area contributed by atoms with Crippen LogP contribution < -0.4 is 11.1 Å². The second kappa shape index (κ2) is 10.7. The number of nitrogens with one attached hydrogen (secondary N) is 1. The Morgan fingerprint density at radius 2 is 1.91 bits per heavy atom. The number of halogens is 3. The summed E-state index contributed by atoms with van der Waals surface area (Å²) in [5, 5.41) is 3.16. The summed E-state index contributed by atoms with van der Waals surface area (Å²) in [6, 6.07) is 5.36. The van der Waals surface area contributed by atoms with E-state index in [0.717, 1.165) is 59.9 Å². The van der Waals surface area contributed by atoms with Crippen molar-refractivity contribution in [2.24, 2.45) is 5.73 Å². The topological polar surface area (TPSA) is 145 Å². The first-order valence-corrected chi connectivity index (χ1v) is 17.0. The van der Waals surface area contributed by atoms with E-state index in [4.69, 9.17) is 5.73 Å². The van der Waals surface area contributed by atoms with Crippen molar-refractivity contribution in [1.82, 2.24) is 19.8 Å². The molecule has 5 N–H and O–H groups in total. The Kier molecular flexibility index (Phi) is 7.16. The van der Waals surface area contributed by atoms with Gasteiger partial charge in [0, 0.05) is 37.6 Å². The smallest absolute Gasteiger partial charge is 0.369 e. The number of rotatable bonds is 7. The molecule has 2 aromatic heterocycles. The second-order valence-corrected chi connectivity index (χ2v) is 15.1. The van der Waals surface area contributed by atoms with Crippen LogP contribution >= 0.6 is 21.9 Å². The number of benzene rings is 1. The molecule has 2 amide bonds. The number of carbonyl (C=O) groups excluding carboxylic acids is 2. The predicted molar refractivity (Wildman–Crippen MR) is 160 cm³/mol. The number of amides is 2. The number of thiophene rings is 1. The van der Waals surface area contributed by atoms with Gasteiger partial charge in [-0.05, 0) is 66.8 Å². The molecular formula is C29H31F3N6O4S2. The third-order valence-electron chi connectivity index (χ3n) is 8.54. The minimum atomic E-state index is -4.79. The summed E-state index contributed by atoms with van der Waals surface area (Å²) in [4.78, 5) is 36.8. The van der Waals surface area contributed by atoms with Crippen molar-refractivity contribution in [1.29, 1.82) is 0 Å². The molecule has 0 unspecified atom stereocenters. The molecule has 1 aromatic carbocycles. The summed E-state index contributed by atoms with van der Waals surface area (Å²) in [5.41, 5.74) is 7.76. The Morgan fingerprint density at radius 3 is 2.59 bits per heavy atom. The van der Waals surface area contributed by atoms with Gasteiger partial charge in [0.05, 0.1) is 27.8 Å². The molecule has 0 radical (unpaired) electrons. The Bertz CT molecular complexity index is 1670. The fraction of sp³-hybridized carbons (Fsp3) is 0.448. The Labute approximate surface area is 256 Å². The van der Waals surface area contributed by atoms with E-state index in [2.05, 4.69) is 21.4 Å². The van der Waals surface area contributed by atoms with Crippen molar-refractivity contribution < 1.29 is 31.9 Å². The standard InChI is InChI=1S/C29H31F3N6O4S2/c30-29(31,32)20-12-34-28(35-21-10-16-5-6-37(14-24(33)39)13-17(16)9-19(21)15-1-2-15)36-25(20)22-11-23-26(43-22)27(40)38(18-3-4-18)7-8-44(23,41)42/h9-12,15,18,41-42H,1-8,13-14H2,(H2,33,39)(H,34,35,36). The van der Waals surface area contributed by atoms with E-state index in [9.17, 15) is 31.9 Å². The lowest BCUT2D eigenvalue weighted by atomic mass is 9.94. The molecule has 0 saturated heterocycles. The molecule has 2 fully saturated rings. The van der Waals surface area contributed by atoms with Crippen LogP contribution in [0.1, 0.15) is 63.5 Å². The highest BCUT2D eigenvalue weighted by Crippen LogP contribution is 2.56. The molecule has 4 aliphatic rings. The van der Waals surface area contributed by atoms with Crippen molar-refractivity contribution in [3.05, 3.63) is 51.5 Å². The van der Waals surface area contributed by atoms with Crippen molar-refractivity contribution in [3.8, 4) is 10.6 Å². The van der Waals surface area contributed by atoms with Gasteiger partial charge in [0.15, 0.2) is 0 Å². The van der Waals surface area contributed by atoms with Gasteiger partial charge in [-0.3, -0.25) is 23.6 Å². The van der Waals surface area contributed by atoms with Gasteiger partial charge in [0.1, 0.15) is 10.4 Å². The zero-order valence-electron chi connectivity index (χ0n) is 23.6. The number of hydrogen-bond acceptors (Lipinski definition) is 9. The van der Waals surface area contributed by atoms with E-state index in [0.29, 0.717) is 31.1 Å². The van der Waals surface area contributed by atoms with Crippen LogP contribution in [0.2, 0.25) is 0 Å². The maximum Gasteiger partial charge on any atom is 0.420 e. The van der Waals surface area contributed by atoms with Gasteiger partial charge in [-0.2, -0.15) is 23.8 Å². The normalized spacial score (nSPS) is 20.9. The molecule has 0 atom stereocenters. The van der Waals surface area contributed by atoms with Crippen LogP contribution in [0.3, 0.4) is 0 Å². The van der Waals surface area contributed by atoms with Crippen molar-refractivity contribution in [2.75, 3.05) is 30.7 Å². The van der Waals surface area contributed by atoms with E-state index in [-0.39, 0.29) is 51.4 Å². The third kappa shape index (κ3) is 5.67. The second-order valence-electron chi connectivity index (χ2n) is 11.9. The number of nitrogens with two attached hydrogens (primary N) is 1. The molecule has 10 nitrogen and oxygen atoms in total. The van der Waals surface area contributed by atoms with E-state index in [1.54, 1.807) is 4.90 Å². The van der Waals surface area contributed by atoms with Crippen LogP contribution in [-0.2, 0) is 23.9 Å². The van der Waals surface area contributed by atoms with Gasteiger partial charge in [0.25, 0.3) is 5.91 Å². The monoisotopic (exact) mass is 648 g/mol. The van der Waals surface area contributed by atoms with Crippen molar-refractivity contribution in [3.63, 3.8) is 0 Å². The first-order valence-electron chi connectivity index (χ1n) is 14.5. The Balaban J connectivity index is 1.26. The predicted octanol–water partition coefficient (Wildman–Crippen LogP) is 5.42. The summed E-state index contributed by atoms with van der Waals surface area (Å²) < 4.78 is 64.5. The summed E-state index contributed by atoms with van der Waals surface area (Å²) in [6.07, 6.45) is 0.212. The average Bonchev–Trinajstić information content (AvgIpc) is 3.89. The van der Waals surface area contributed by atoms with Crippen LogP contribution in [0.4, 0.5) is 24.8 Å². The van der Waals surface area contributed by atoms with Gasteiger partial charge in [-0.25, -0.2) is 9.97 Å².